The van der Waals surface area contributed by atoms with Gasteiger partial charge in [0.05, 0.1) is 42.2 Å². The summed E-state index contributed by atoms with van der Waals surface area (Å²) in [6.07, 6.45) is 14.3. The number of amides is 1. The van der Waals surface area contributed by atoms with Crippen molar-refractivity contribution < 1.29 is 13.9 Å². The zero-order chi connectivity index (χ0) is 23.4. The third kappa shape index (κ3) is 4.61. The fourth-order valence-corrected chi connectivity index (χ4v) is 4.35. The number of fused-ring (bicyclic) bond motifs is 1. The molecule has 2 atom stereocenters. The van der Waals surface area contributed by atoms with Crippen molar-refractivity contribution in [2.75, 3.05) is 36.5 Å². The van der Waals surface area contributed by atoms with E-state index in [1.807, 2.05) is 30.6 Å². The van der Waals surface area contributed by atoms with Gasteiger partial charge in [0.25, 0.3) is 5.91 Å². The number of terminal acetylenes is 1. The smallest absolute Gasteiger partial charge is 0.252 e. The Bertz CT molecular complexity index is 1140. The van der Waals surface area contributed by atoms with Gasteiger partial charge in [-0.1, -0.05) is 0 Å². The lowest BCUT2D eigenvalue weighted by Crippen LogP contribution is -2.36. The molecule has 4 heterocycles. The lowest BCUT2D eigenvalue weighted by atomic mass is 10.1. The predicted molar refractivity (Wildman–Crippen MR) is 126 cm³/mol. The summed E-state index contributed by atoms with van der Waals surface area (Å²) in [5.41, 5.74) is 8.88. The van der Waals surface area contributed by atoms with Crippen LogP contribution in [0.25, 0.3) is 16.6 Å². The van der Waals surface area contributed by atoms with E-state index in [1.165, 1.54) is 6.20 Å². The summed E-state index contributed by atoms with van der Waals surface area (Å²) in [5.74, 6) is 0.327. The van der Waals surface area contributed by atoms with Gasteiger partial charge in [0.1, 0.15) is 12.0 Å². The second kappa shape index (κ2) is 9.88. The van der Waals surface area contributed by atoms with E-state index in [2.05, 4.69) is 33.1 Å². The van der Waals surface area contributed by atoms with Crippen molar-refractivity contribution in [2.24, 2.45) is 5.73 Å². The van der Waals surface area contributed by atoms with Gasteiger partial charge < -0.3 is 20.7 Å². The van der Waals surface area contributed by atoms with Gasteiger partial charge in [-0.05, 0) is 37.5 Å². The minimum absolute atomic E-state index is 0.261. The molecule has 0 unspecified atom stereocenters. The van der Waals surface area contributed by atoms with E-state index in [-0.39, 0.29) is 11.6 Å². The first-order valence-electron chi connectivity index (χ1n) is 10.9. The number of carbonyl (C=O) groups is 1. The second-order valence-corrected chi connectivity index (χ2v) is 8.06. The van der Waals surface area contributed by atoms with Crippen LogP contribution >= 0.6 is 0 Å². The van der Waals surface area contributed by atoms with Crippen LogP contribution in [0.5, 0.6) is 0 Å². The molecule has 2 aliphatic rings. The average Bonchev–Trinajstić information content (AvgIpc) is 3.47. The molecule has 1 saturated heterocycles. The average molecular weight is 451 g/mol. The number of carbonyl (C=O) groups excluding carboxylic acids is 1. The van der Waals surface area contributed by atoms with Gasteiger partial charge in [0.2, 0.25) is 0 Å². The van der Waals surface area contributed by atoms with Crippen LogP contribution < -0.4 is 16.0 Å². The number of rotatable bonds is 5. The topological polar surface area (TPSA) is 97.8 Å². The van der Waals surface area contributed by atoms with E-state index in [9.17, 15) is 9.18 Å². The number of nitrogens with one attached hydrogen (secondary N) is 1. The first-order valence-corrected chi connectivity index (χ1v) is 10.9. The molecular weight excluding hydrogens is 423 g/mol. The molecule has 1 aliphatic carbocycles. The molecule has 172 valence electrons. The number of alkyl halides is 1. The van der Waals surface area contributed by atoms with Crippen LogP contribution in [0.3, 0.4) is 0 Å². The van der Waals surface area contributed by atoms with Crippen LogP contribution in [0.1, 0.15) is 29.6 Å². The highest BCUT2D eigenvalue weighted by Gasteiger charge is 2.29. The normalized spacial score (nSPS) is 20.3. The summed E-state index contributed by atoms with van der Waals surface area (Å²) in [4.78, 5) is 18.8. The van der Waals surface area contributed by atoms with Crippen molar-refractivity contribution in [3.05, 3.63) is 42.4 Å². The molecule has 1 aliphatic heterocycles. The van der Waals surface area contributed by atoms with E-state index in [0.717, 1.165) is 36.5 Å². The molecule has 2 fully saturated rings. The van der Waals surface area contributed by atoms with E-state index in [0.29, 0.717) is 37.3 Å². The Hall–Kier alpha value is -3.64. The van der Waals surface area contributed by atoms with Gasteiger partial charge in [-0.25, -0.2) is 13.9 Å². The summed E-state index contributed by atoms with van der Waals surface area (Å²) in [5, 5.41) is 7.56. The zero-order valence-corrected chi connectivity index (χ0v) is 18.3. The zero-order valence-electron chi connectivity index (χ0n) is 18.3. The lowest BCUT2D eigenvalue weighted by molar-refractivity contribution is 0.100. The van der Waals surface area contributed by atoms with Gasteiger partial charge in [-0.15, -0.1) is 12.8 Å². The Kier molecular flexibility index (Phi) is 6.75. The molecule has 3 aromatic rings. The van der Waals surface area contributed by atoms with Crippen LogP contribution in [0, 0.1) is 12.8 Å². The molecule has 33 heavy (non-hydrogen) atoms. The van der Waals surface area contributed by atoms with Crippen molar-refractivity contribution in [3.8, 4) is 24.0 Å². The highest BCUT2D eigenvalue weighted by Crippen LogP contribution is 2.32. The standard InChI is InChI=1S/C22H25FN6O2.C2H2/c23-17-2-1-3-18(17)27-21-16(22(24)30)12-26-29-13-15(10-19(21)29)14-4-5-20(25-11-14)28-6-8-31-9-7-28;1-2/h4-5,10-13,17-18,27H,1-3,6-9H2,(H2,24,30);1-2H/t17-,18+;/m0./s1. The number of pyridine rings is 1. The number of nitrogens with two attached hydrogens (primary N) is 1. The number of aromatic nitrogens is 3. The summed E-state index contributed by atoms with van der Waals surface area (Å²) in [6, 6.07) is 5.60. The number of morpholine rings is 1. The monoisotopic (exact) mass is 450 g/mol. The maximum absolute atomic E-state index is 14.2. The van der Waals surface area contributed by atoms with Gasteiger partial charge in [-0.3, -0.25) is 4.79 Å². The van der Waals surface area contributed by atoms with Crippen LogP contribution in [-0.2, 0) is 4.74 Å². The Morgan fingerprint density at radius 2 is 1.97 bits per heavy atom. The SMILES string of the molecule is C#C.NC(=O)c1cnn2cc(-c3ccc(N4CCOCC4)nc3)cc2c1N[C@@H]1CCC[C@@H]1F. The summed E-state index contributed by atoms with van der Waals surface area (Å²) in [6.45, 7) is 3.07. The number of ether oxygens (including phenoxy) is 1. The fraction of sp³-hybridized carbons (Fsp3) is 0.375. The third-order valence-electron chi connectivity index (χ3n) is 6.08. The van der Waals surface area contributed by atoms with E-state index >= 15 is 0 Å². The van der Waals surface area contributed by atoms with Crippen LogP contribution in [0.4, 0.5) is 15.9 Å². The maximum atomic E-state index is 14.2. The largest absolute Gasteiger partial charge is 0.378 e. The molecule has 3 aromatic heterocycles. The van der Waals surface area contributed by atoms with Crippen LogP contribution in [0.15, 0.2) is 36.8 Å². The minimum Gasteiger partial charge on any atom is -0.378 e. The Labute approximate surface area is 191 Å². The lowest BCUT2D eigenvalue weighted by Gasteiger charge is -2.27. The summed E-state index contributed by atoms with van der Waals surface area (Å²) < 4.78 is 21.3. The van der Waals surface area contributed by atoms with Crippen molar-refractivity contribution in [1.29, 1.82) is 0 Å². The first-order chi connectivity index (χ1) is 16.1. The van der Waals surface area contributed by atoms with E-state index < -0.39 is 12.1 Å². The van der Waals surface area contributed by atoms with Gasteiger partial charge in [0.15, 0.2) is 0 Å². The first kappa shape index (κ1) is 22.6. The quantitative estimate of drug-likeness (QED) is 0.580. The molecule has 3 N–H and O–H groups in total. The highest BCUT2D eigenvalue weighted by molar-refractivity contribution is 6.02. The van der Waals surface area contributed by atoms with Crippen LogP contribution in [-0.4, -0.2) is 59.0 Å². The summed E-state index contributed by atoms with van der Waals surface area (Å²) >= 11 is 0. The number of anilines is 2. The molecule has 9 heteroatoms. The molecule has 0 spiro atoms. The third-order valence-corrected chi connectivity index (χ3v) is 6.08. The Morgan fingerprint density at radius 3 is 2.61 bits per heavy atom. The number of hydrogen-bond acceptors (Lipinski definition) is 6. The predicted octanol–water partition coefficient (Wildman–Crippen LogP) is 2.88. The van der Waals surface area contributed by atoms with Crippen LogP contribution in [0.2, 0.25) is 0 Å². The number of primary amides is 1. The number of hydrogen-bond donors (Lipinski definition) is 2. The molecule has 8 nitrogen and oxygen atoms in total. The molecule has 0 aromatic carbocycles. The van der Waals surface area contributed by atoms with Crippen molar-refractivity contribution in [3.63, 3.8) is 0 Å². The number of halogens is 1. The Balaban J connectivity index is 0.00000126. The molecule has 5 rings (SSSR count). The van der Waals surface area contributed by atoms with E-state index in [1.54, 1.807) is 4.52 Å². The molecule has 1 amide bonds. The van der Waals surface area contributed by atoms with Gasteiger partial charge in [0, 0.05) is 36.6 Å². The fourth-order valence-electron chi connectivity index (χ4n) is 4.35. The van der Waals surface area contributed by atoms with Gasteiger partial charge >= 0.3 is 0 Å². The van der Waals surface area contributed by atoms with Crippen molar-refractivity contribution in [1.82, 2.24) is 14.6 Å². The highest BCUT2D eigenvalue weighted by atomic mass is 19.1. The van der Waals surface area contributed by atoms with Gasteiger partial charge in [-0.2, -0.15) is 5.10 Å². The second-order valence-electron chi connectivity index (χ2n) is 8.06. The Morgan fingerprint density at radius 1 is 1.18 bits per heavy atom. The number of nitrogens with zero attached hydrogens (tertiary/aromatic N) is 4. The van der Waals surface area contributed by atoms with Crippen molar-refractivity contribution in [2.45, 2.75) is 31.5 Å². The minimum atomic E-state index is -0.944. The maximum Gasteiger partial charge on any atom is 0.252 e. The van der Waals surface area contributed by atoms with Crippen molar-refractivity contribution >= 4 is 22.9 Å². The molecular formula is C24H27FN6O2. The summed E-state index contributed by atoms with van der Waals surface area (Å²) in [7, 11) is 0. The molecule has 1 saturated carbocycles. The molecule has 0 bridgehead atoms. The molecule has 0 radical (unpaired) electrons. The van der Waals surface area contributed by atoms with E-state index in [4.69, 9.17) is 10.5 Å².